The summed E-state index contributed by atoms with van der Waals surface area (Å²) in [7, 11) is 0. The molecule has 7 heteroatoms. The predicted octanol–water partition coefficient (Wildman–Crippen LogP) is 6.12. The van der Waals surface area contributed by atoms with E-state index in [1.807, 2.05) is 83.7 Å². The molecule has 0 saturated carbocycles. The fourth-order valence-electron chi connectivity index (χ4n) is 3.39. The topological polar surface area (TPSA) is 59.8 Å². The molecule has 0 atom stereocenters. The number of thioether (sulfide) groups is 1. The summed E-state index contributed by atoms with van der Waals surface area (Å²) in [5.74, 6) is -0.166. The van der Waals surface area contributed by atoms with E-state index in [1.54, 1.807) is 29.3 Å². The normalized spacial score (nSPS) is 11.0. The molecule has 2 aromatic heterocycles. The first-order chi connectivity index (χ1) is 15.2. The van der Waals surface area contributed by atoms with Crippen molar-refractivity contribution < 1.29 is 4.79 Å². The van der Waals surface area contributed by atoms with Gasteiger partial charge in [0.1, 0.15) is 5.01 Å². The first-order valence-electron chi connectivity index (χ1n) is 9.67. The number of para-hydroxylation sites is 2. The number of imidazole rings is 1. The number of hydrogen-bond acceptors (Lipinski definition) is 5. The van der Waals surface area contributed by atoms with E-state index in [9.17, 15) is 4.79 Å². The Morgan fingerprint density at radius 3 is 2.74 bits per heavy atom. The minimum atomic E-state index is -0.166. The van der Waals surface area contributed by atoms with Gasteiger partial charge in [-0.3, -0.25) is 9.36 Å². The Balaban J connectivity index is 1.46. The Labute approximate surface area is 187 Å². The van der Waals surface area contributed by atoms with Gasteiger partial charge in [0.15, 0.2) is 5.16 Å². The summed E-state index contributed by atoms with van der Waals surface area (Å²) < 4.78 is 3.09. The number of fused-ring (bicyclic) bond motifs is 1. The van der Waals surface area contributed by atoms with E-state index < -0.39 is 0 Å². The van der Waals surface area contributed by atoms with E-state index in [4.69, 9.17) is 4.98 Å². The van der Waals surface area contributed by atoms with Crippen molar-refractivity contribution in [2.75, 3.05) is 11.6 Å². The second kappa shape index (κ2) is 8.37. The molecule has 0 aliphatic heterocycles. The van der Waals surface area contributed by atoms with Gasteiger partial charge in [-0.15, -0.1) is 11.3 Å². The number of rotatable bonds is 5. The molecule has 3 aromatic carbocycles. The molecule has 2 heterocycles. The highest BCUT2D eigenvalue weighted by atomic mass is 32.2. The van der Waals surface area contributed by atoms with Gasteiger partial charge in [-0.05, 0) is 48.7 Å². The summed E-state index contributed by atoms with van der Waals surface area (Å²) in [4.78, 5) is 22.2. The Morgan fingerprint density at radius 1 is 1.03 bits per heavy atom. The molecule has 0 bridgehead atoms. The highest BCUT2D eigenvalue weighted by molar-refractivity contribution is 7.98. The predicted molar refractivity (Wildman–Crippen MR) is 128 cm³/mol. The van der Waals surface area contributed by atoms with Crippen molar-refractivity contribution in [3.8, 4) is 16.3 Å². The van der Waals surface area contributed by atoms with Gasteiger partial charge in [0.05, 0.1) is 15.9 Å². The maximum absolute atomic E-state index is 13.1. The molecule has 0 fully saturated rings. The number of nitrogens with zero attached hydrogens (tertiary/aromatic N) is 3. The third-order valence-corrected chi connectivity index (χ3v) is 6.61. The van der Waals surface area contributed by atoms with Crippen LogP contribution in [0, 0.1) is 0 Å². The zero-order valence-electron chi connectivity index (χ0n) is 16.6. The van der Waals surface area contributed by atoms with Crippen LogP contribution in [0.5, 0.6) is 0 Å². The van der Waals surface area contributed by atoms with Gasteiger partial charge in [0.2, 0.25) is 0 Å². The van der Waals surface area contributed by atoms with Crippen LogP contribution >= 0.6 is 23.1 Å². The second-order valence-corrected chi connectivity index (χ2v) is 8.62. The number of thiazole rings is 1. The van der Waals surface area contributed by atoms with Crippen molar-refractivity contribution in [3.05, 3.63) is 90.8 Å². The Kier molecular flexibility index (Phi) is 5.28. The zero-order chi connectivity index (χ0) is 21.2. The third-order valence-electron chi connectivity index (χ3n) is 4.88. The van der Waals surface area contributed by atoms with Gasteiger partial charge in [-0.25, -0.2) is 9.97 Å². The van der Waals surface area contributed by atoms with Gasteiger partial charge in [-0.1, -0.05) is 42.1 Å². The molecule has 0 aliphatic carbocycles. The van der Waals surface area contributed by atoms with Crippen LogP contribution in [0.3, 0.4) is 0 Å². The third kappa shape index (κ3) is 3.85. The fraction of sp³-hybridized carbons (Fsp3) is 0.0417. The largest absolute Gasteiger partial charge is 0.321 e. The fourth-order valence-corrected chi connectivity index (χ4v) is 4.93. The van der Waals surface area contributed by atoms with Crippen LogP contribution in [-0.4, -0.2) is 26.7 Å². The minimum absolute atomic E-state index is 0.166. The Hall–Kier alpha value is -3.42. The van der Waals surface area contributed by atoms with Crippen LogP contribution in [0.25, 0.3) is 26.5 Å². The zero-order valence-corrected chi connectivity index (χ0v) is 18.3. The SMILES string of the molecule is CSc1nccn1-c1cccc(C(=O)Nc2ccccc2-c2nc3ccccc3s2)c1. The number of nitrogens with one attached hydrogen (secondary N) is 1. The molecule has 1 N–H and O–H groups in total. The molecular weight excluding hydrogens is 424 g/mol. The highest BCUT2D eigenvalue weighted by Gasteiger charge is 2.14. The summed E-state index contributed by atoms with van der Waals surface area (Å²) in [6.07, 6.45) is 5.63. The molecule has 0 spiro atoms. The van der Waals surface area contributed by atoms with Crippen LogP contribution < -0.4 is 5.32 Å². The lowest BCUT2D eigenvalue weighted by Gasteiger charge is -2.11. The smallest absolute Gasteiger partial charge is 0.255 e. The van der Waals surface area contributed by atoms with Crippen LogP contribution in [0.2, 0.25) is 0 Å². The summed E-state index contributed by atoms with van der Waals surface area (Å²) in [6.45, 7) is 0. The van der Waals surface area contributed by atoms with Gasteiger partial charge in [-0.2, -0.15) is 0 Å². The minimum Gasteiger partial charge on any atom is -0.321 e. The number of aromatic nitrogens is 3. The number of anilines is 1. The average molecular weight is 443 g/mol. The standard InChI is InChI=1S/C24H18N4OS2/c1-30-24-25-13-14-28(24)17-8-6-7-16(15-17)22(29)26-19-10-3-2-9-18(19)23-27-20-11-4-5-12-21(20)31-23/h2-15H,1H3,(H,26,29). The van der Waals surface area contributed by atoms with Crippen LogP contribution in [0.1, 0.15) is 10.4 Å². The van der Waals surface area contributed by atoms with Gasteiger partial charge in [0, 0.05) is 29.2 Å². The molecule has 5 aromatic rings. The lowest BCUT2D eigenvalue weighted by Crippen LogP contribution is -2.13. The lowest BCUT2D eigenvalue weighted by atomic mass is 10.1. The van der Waals surface area contributed by atoms with Gasteiger partial charge in [0.25, 0.3) is 5.91 Å². The molecule has 5 rings (SSSR count). The first-order valence-corrected chi connectivity index (χ1v) is 11.7. The van der Waals surface area contributed by atoms with Crippen LogP contribution in [0.4, 0.5) is 5.69 Å². The summed E-state index contributed by atoms with van der Waals surface area (Å²) in [5.41, 5.74) is 4.09. The lowest BCUT2D eigenvalue weighted by molar-refractivity contribution is 0.102. The van der Waals surface area contributed by atoms with E-state index in [0.29, 0.717) is 5.56 Å². The molecule has 0 aliphatic rings. The molecule has 0 radical (unpaired) electrons. The van der Waals surface area contributed by atoms with Crippen molar-refractivity contribution in [1.29, 1.82) is 0 Å². The molecule has 0 unspecified atom stereocenters. The maximum Gasteiger partial charge on any atom is 0.255 e. The number of carbonyl (C=O) groups is 1. The molecule has 31 heavy (non-hydrogen) atoms. The monoisotopic (exact) mass is 442 g/mol. The van der Waals surface area contributed by atoms with Crippen molar-refractivity contribution in [3.63, 3.8) is 0 Å². The van der Waals surface area contributed by atoms with E-state index in [-0.39, 0.29) is 5.91 Å². The molecule has 5 nitrogen and oxygen atoms in total. The van der Waals surface area contributed by atoms with E-state index >= 15 is 0 Å². The Morgan fingerprint density at radius 2 is 1.87 bits per heavy atom. The van der Waals surface area contributed by atoms with Crippen molar-refractivity contribution in [1.82, 2.24) is 14.5 Å². The maximum atomic E-state index is 13.1. The molecule has 152 valence electrons. The quantitative estimate of drug-likeness (QED) is 0.333. The first kappa shape index (κ1) is 19.5. The molecule has 1 amide bonds. The second-order valence-electron chi connectivity index (χ2n) is 6.82. The molecular formula is C24H18N4OS2. The van der Waals surface area contributed by atoms with Crippen molar-refractivity contribution >= 4 is 44.9 Å². The number of carbonyl (C=O) groups excluding carboxylic acids is 1. The van der Waals surface area contributed by atoms with Crippen LogP contribution in [0.15, 0.2) is 90.3 Å². The highest BCUT2D eigenvalue weighted by Crippen LogP contribution is 2.34. The summed E-state index contributed by atoms with van der Waals surface area (Å²) >= 11 is 3.18. The van der Waals surface area contributed by atoms with Crippen molar-refractivity contribution in [2.24, 2.45) is 0 Å². The number of benzene rings is 3. The van der Waals surface area contributed by atoms with Crippen LogP contribution in [-0.2, 0) is 0 Å². The summed E-state index contributed by atoms with van der Waals surface area (Å²) in [6, 6.07) is 23.4. The molecule has 0 saturated heterocycles. The number of hydrogen-bond donors (Lipinski definition) is 1. The van der Waals surface area contributed by atoms with E-state index in [1.165, 1.54) is 0 Å². The Bertz CT molecular complexity index is 1360. The van der Waals surface area contributed by atoms with E-state index in [0.717, 1.165) is 37.3 Å². The van der Waals surface area contributed by atoms with E-state index in [2.05, 4.69) is 16.4 Å². The van der Waals surface area contributed by atoms with Crippen molar-refractivity contribution in [2.45, 2.75) is 5.16 Å². The summed E-state index contributed by atoms with van der Waals surface area (Å²) in [5, 5.41) is 4.83. The van der Waals surface area contributed by atoms with Gasteiger partial charge < -0.3 is 5.32 Å². The van der Waals surface area contributed by atoms with Gasteiger partial charge >= 0.3 is 0 Å². The number of amides is 1. The average Bonchev–Trinajstić information content (AvgIpc) is 3.46.